The van der Waals surface area contributed by atoms with Gasteiger partial charge in [0.25, 0.3) is 5.69 Å². The molecule has 4 heteroatoms. The number of nitro benzene ring substituents is 1. The number of nitrogens with one attached hydrogen (secondary N) is 1. The van der Waals surface area contributed by atoms with Crippen LogP contribution in [0.1, 0.15) is 35.6 Å². The number of aryl methyl sites for hydroxylation is 2. The van der Waals surface area contributed by atoms with Gasteiger partial charge in [-0.2, -0.15) is 0 Å². The van der Waals surface area contributed by atoms with E-state index < -0.39 is 0 Å². The van der Waals surface area contributed by atoms with Gasteiger partial charge in [-0.05, 0) is 49.4 Å². The Morgan fingerprint density at radius 3 is 2.81 bits per heavy atom. The lowest BCUT2D eigenvalue weighted by Gasteiger charge is -2.27. The van der Waals surface area contributed by atoms with Crippen LogP contribution in [0.2, 0.25) is 0 Å². The van der Waals surface area contributed by atoms with Crippen LogP contribution in [0.3, 0.4) is 0 Å². The van der Waals surface area contributed by atoms with Crippen molar-refractivity contribution in [2.45, 2.75) is 32.2 Å². The second kappa shape index (κ2) is 5.56. The molecule has 0 bridgehead atoms. The molecule has 0 aliphatic heterocycles. The lowest BCUT2D eigenvalue weighted by molar-refractivity contribution is -0.385. The molecule has 2 aromatic rings. The topological polar surface area (TPSA) is 55.2 Å². The zero-order chi connectivity index (χ0) is 14.8. The molecule has 1 aliphatic carbocycles. The molecule has 1 unspecified atom stereocenters. The molecule has 1 N–H and O–H groups in total. The number of benzene rings is 2. The molecule has 21 heavy (non-hydrogen) atoms. The highest BCUT2D eigenvalue weighted by Gasteiger charge is 2.20. The average Bonchev–Trinajstić information content (AvgIpc) is 2.47. The van der Waals surface area contributed by atoms with Crippen LogP contribution in [-0.4, -0.2) is 4.92 Å². The monoisotopic (exact) mass is 282 g/mol. The van der Waals surface area contributed by atoms with Crippen molar-refractivity contribution in [1.82, 2.24) is 0 Å². The molecule has 1 aliphatic rings. The Morgan fingerprint density at radius 1 is 1.24 bits per heavy atom. The molecule has 0 saturated heterocycles. The minimum atomic E-state index is -0.338. The highest BCUT2D eigenvalue weighted by Crippen LogP contribution is 2.33. The van der Waals surface area contributed by atoms with Gasteiger partial charge < -0.3 is 5.32 Å². The Kier molecular flexibility index (Phi) is 3.60. The van der Waals surface area contributed by atoms with Gasteiger partial charge in [0.1, 0.15) is 0 Å². The molecular weight excluding hydrogens is 264 g/mol. The van der Waals surface area contributed by atoms with Gasteiger partial charge in [-0.3, -0.25) is 10.1 Å². The Morgan fingerprint density at radius 2 is 2.05 bits per heavy atom. The molecule has 0 saturated carbocycles. The first-order valence-electron chi connectivity index (χ1n) is 7.24. The summed E-state index contributed by atoms with van der Waals surface area (Å²) < 4.78 is 0. The second-order valence-electron chi connectivity index (χ2n) is 5.55. The third kappa shape index (κ3) is 2.75. The van der Waals surface area contributed by atoms with Gasteiger partial charge in [0.15, 0.2) is 0 Å². The maximum Gasteiger partial charge on any atom is 0.272 e. The van der Waals surface area contributed by atoms with E-state index in [1.807, 2.05) is 6.07 Å². The molecule has 0 amide bonds. The Hall–Kier alpha value is -2.36. The molecule has 0 radical (unpaired) electrons. The maximum absolute atomic E-state index is 10.9. The van der Waals surface area contributed by atoms with E-state index in [0.29, 0.717) is 5.56 Å². The van der Waals surface area contributed by atoms with Crippen LogP contribution in [0.5, 0.6) is 0 Å². The quantitative estimate of drug-likeness (QED) is 0.671. The number of nitro groups is 1. The van der Waals surface area contributed by atoms with Crippen LogP contribution in [0.25, 0.3) is 0 Å². The van der Waals surface area contributed by atoms with Gasteiger partial charge in [0.2, 0.25) is 0 Å². The Balaban J connectivity index is 1.85. The van der Waals surface area contributed by atoms with E-state index >= 15 is 0 Å². The highest BCUT2D eigenvalue weighted by molar-refractivity contribution is 5.55. The van der Waals surface area contributed by atoms with E-state index in [1.165, 1.54) is 17.5 Å². The van der Waals surface area contributed by atoms with Gasteiger partial charge in [0.05, 0.1) is 11.0 Å². The molecule has 1 atom stereocenters. The third-order valence-electron chi connectivity index (χ3n) is 4.10. The lowest BCUT2D eigenvalue weighted by atomic mass is 9.87. The molecule has 0 fully saturated rings. The minimum Gasteiger partial charge on any atom is -0.378 e. The Bertz CT molecular complexity index is 682. The predicted octanol–water partition coefficient (Wildman–Crippen LogP) is 4.39. The third-order valence-corrected chi connectivity index (χ3v) is 4.10. The van der Waals surface area contributed by atoms with Crippen molar-refractivity contribution in [1.29, 1.82) is 0 Å². The van der Waals surface area contributed by atoms with Crippen LogP contribution in [0, 0.1) is 17.0 Å². The first-order valence-corrected chi connectivity index (χ1v) is 7.24. The van der Waals surface area contributed by atoms with Crippen LogP contribution in [0.15, 0.2) is 42.5 Å². The molecule has 3 rings (SSSR count). The summed E-state index contributed by atoms with van der Waals surface area (Å²) in [7, 11) is 0. The number of hydrogen-bond acceptors (Lipinski definition) is 3. The molecule has 0 heterocycles. The fraction of sp³-hybridized carbons (Fsp3) is 0.294. The summed E-state index contributed by atoms with van der Waals surface area (Å²) in [5.41, 5.74) is 4.55. The van der Waals surface area contributed by atoms with E-state index in [0.717, 1.165) is 18.5 Å². The van der Waals surface area contributed by atoms with Crippen molar-refractivity contribution >= 4 is 11.4 Å². The van der Waals surface area contributed by atoms with Crippen LogP contribution < -0.4 is 5.32 Å². The molecule has 4 nitrogen and oxygen atoms in total. The smallest absolute Gasteiger partial charge is 0.272 e. The van der Waals surface area contributed by atoms with E-state index in [2.05, 4.69) is 29.6 Å². The van der Waals surface area contributed by atoms with Crippen LogP contribution in [0.4, 0.5) is 11.4 Å². The number of nitrogens with zero attached hydrogens (tertiary/aromatic N) is 1. The van der Waals surface area contributed by atoms with Gasteiger partial charge in [0, 0.05) is 17.3 Å². The van der Waals surface area contributed by atoms with E-state index in [1.54, 1.807) is 19.1 Å². The highest BCUT2D eigenvalue weighted by atomic mass is 16.6. The van der Waals surface area contributed by atoms with Crippen molar-refractivity contribution in [3.05, 3.63) is 69.3 Å². The summed E-state index contributed by atoms with van der Waals surface area (Å²) in [6, 6.07) is 14.0. The lowest BCUT2D eigenvalue weighted by Crippen LogP contribution is -2.17. The minimum absolute atomic E-state index is 0.171. The Labute approximate surface area is 124 Å². The molecular formula is C17H18N2O2. The van der Waals surface area contributed by atoms with Gasteiger partial charge in [-0.1, -0.05) is 24.3 Å². The summed E-state index contributed by atoms with van der Waals surface area (Å²) in [6.07, 6.45) is 3.39. The van der Waals surface area contributed by atoms with Gasteiger partial charge >= 0.3 is 0 Å². The summed E-state index contributed by atoms with van der Waals surface area (Å²) >= 11 is 0. The van der Waals surface area contributed by atoms with Crippen molar-refractivity contribution in [2.75, 3.05) is 5.32 Å². The summed E-state index contributed by atoms with van der Waals surface area (Å²) in [6.45, 7) is 1.78. The summed E-state index contributed by atoms with van der Waals surface area (Å²) in [4.78, 5) is 10.5. The molecule has 0 spiro atoms. The normalized spacial score (nSPS) is 17.1. The van der Waals surface area contributed by atoms with E-state index in [9.17, 15) is 10.1 Å². The first kappa shape index (κ1) is 13.6. The van der Waals surface area contributed by atoms with E-state index in [-0.39, 0.29) is 16.7 Å². The standard InChI is InChI=1S/C17H18N2O2/c1-12-11-14(9-10-17(12)19(20)21)18-16-8-4-6-13-5-2-3-7-15(13)16/h2-3,5,7,9-11,16,18H,4,6,8H2,1H3. The number of hydrogen-bond donors (Lipinski definition) is 1. The molecule has 0 aromatic heterocycles. The molecule has 108 valence electrons. The van der Waals surface area contributed by atoms with Crippen molar-refractivity contribution in [2.24, 2.45) is 0 Å². The number of anilines is 1. The fourth-order valence-electron chi connectivity index (χ4n) is 3.06. The summed E-state index contributed by atoms with van der Waals surface area (Å²) in [5, 5.41) is 14.4. The average molecular weight is 282 g/mol. The van der Waals surface area contributed by atoms with E-state index in [4.69, 9.17) is 0 Å². The summed E-state index contributed by atoms with van der Waals surface area (Å²) in [5.74, 6) is 0. The van der Waals surface area contributed by atoms with Crippen LogP contribution in [-0.2, 0) is 6.42 Å². The second-order valence-corrected chi connectivity index (χ2v) is 5.55. The molecule has 2 aromatic carbocycles. The predicted molar refractivity (Wildman–Crippen MR) is 83.6 cm³/mol. The largest absolute Gasteiger partial charge is 0.378 e. The van der Waals surface area contributed by atoms with Gasteiger partial charge in [-0.25, -0.2) is 0 Å². The SMILES string of the molecule is Cc1cc(NC2CCCc3ccccc32)ccc1[N+](=O)[O-]. The van der Waals surface area contributed by atoms with Crippen molar-refractivity contribution in [3.8, 4) is 0 Å². The maximum atomic E-state index is 10.9. The number of rotatable bonds is 3. The number of fused-ring (bicyclic) bond motifs is 1. The van der Waals surface area contributed by atoms with Crippen molar-refractivity contribution < 1.29 is 4.92 Å². The zero-order valence-electron chi connectivity index (χ0n) is 12.0. The van der Waals surface area contributed by atoms with Crippen molar-refractivity contribution in [3.63, 3.8) is 0 Å². The fourth-order valence-corrected chi connectivity index (χ4v) is 3.06. The van der Waals surface area contributed by atoms with Gasteiger partial charge in [-0.15, -0.1) is 0 Å². The zero-order valence-corrected chi connectivity index (χ0v) is 12.0. The van der Waals surface area contributed by atoms with Crippen LogP contribution >= 0.6 is 0 Å². The first-order chi connectivity index (χ1) is 10.1.